The van der Waals surface area contributed by atoms with Crippen LogP contribution in [0.25, 0.3) is 11.3 Å². The van der Waals surface area contributed by atoms with E-state index in [1.54, 1.807) is 7.11 Å². The number of benzene rings is 1. The van der Waals surface area contributed by atoms with Crippen molar-refractivity contribution in [3.63, 3.8) is 0 Å². The van der Waals surface area contributed by atoms with Gasteiger partial charge >= 0.3 is 0 Å². The Morgan fingerprint density at radius 3 is 2.85 bits per heavy atom. The summed E-state index contributed by atoms with van der Waals surface area (Å²) in [5, 5.41) is 0. The Morgan fingerprint density at radius 1 is 1.50 bits per heavy atom. The van der Waals surface area contributed by atoms with Gasteiger partial charge in [-0.2, -0.15) is 0 Å². The van der Waals surface area contributed by atoms with Gasteiger partial charge in [0.25, 0.3) is 0 Å². The average Bonchev–Trinajstić information content (AvgIpc) is 2.76. The number of rotatable bonds is 5. The highest BCUT2D eigenvalue weighted by Gasteiger charge is 2.17. The molecule has 1 aromatic carbocycles. The number of hydrogen-bond acceptors (Lipinski definition) is 3. The van der Waals surface area contributed by atoms with Crippen molar-refractivity contribution in [1.29, 1.82) is 0 Å². The zero-order valence-corrected chi connectivity index (χ0v) is 13.3. The molecule has 0 saturated heterocycles. The smallest absolute Gasteiger partial charge is 0.132 e. The molecule has 2 aromatic rings. The number of aryl methyl sites for hydroxylation is 1. The average molecular weight is 336 g/mol. The van der Waals surface area contributed by atoms with Crippen LogP contribution in [-0.4, -0.2) is 16.7 Å². The first-order valence-electron chi connectivity index (χ1n) is 6.42. The molecule has 2 N–H and O–H groups in total. The fourth-order valence-electron chi connectivity index (χ4n) is 2.18. The molecule has 0 fully saturated rings. The van der Waals surface area contributed by atoms with Gasteiger partial charge in [-0.25, -0.2) is 4.98 Å². The second-order valence-electron chi connectivity index (χ2n) is 4.36. The number of ether oxygens (including phenoxy) is 1. The summed E-state index contributed by atoms with van der Waals surface area (Å²) < 4.78 is 8.34. The van der Waals surface area contributed by atoms with Crippen molar-refractivity contribution in [2.45, 2.75) is 19.9 Å². The monoisotopic (exact) mass is 335 g/mol. The van der Waals surface area contributed by atoms with Crippen molar-refractivity contribution in [2.24, 2.45) is 0 Å². The van der Waals surface area contributed by atoms with Crippen molar-refractivity contribution in [3.05, 3.63) is 41.2 Å². The number of nitrogen functional groups attached to an aromatic ring is 1. The summed E-state index contributed by atoms with van der Waals surface area (Å²) in [7, 11) is 1.64. The maximum absolute atomic E-state index is 6.25. The SMILES string of the molecule is C=CCn1c(CC)nc(-c2cc(Br)ccc2OC)c1N. The van der Waals surface area contributed by atoms with E-state index in [2.05, 4.69) is 34.4 Å². The topological polar surface area (TPSA) is 53.1 Å². The van der Waals surface area contributed by atoms with Crippen LogP contribution < -0.4 is 10.5 Å². The van der Waals surface area contributed by atoms with Gasteiger partial charge in [-0.05, 0) is 18.2 Å². The van der Waals surface area contributed by atoms with Crippen molar-refractivity contribution >= 4 is 21.7 Å². The number of allylic oxidation sites excluding steroid dienone is 1. The molecular formula is C15H18BrN3O. The minimum absolute atomic E-state index is 0.637. The second-order valence-corrected chi connectivity index (χ2v) is 5.27. The molecule has 0 amide bonds. The highest BCUT2D eigenvalue weighted by atomic mass is 79.9. The van der Waals surface area contributed by atoms with Gasteiger partial charge in [-0.1, -0.05) is 28.9 Å². The van der Waals surface area contributed by atoms with Gasteiger partial charge in [-0.15, -0.1) is 6.58 Å². The normalized spacial score (nSPS) is 10.6. The Hall–Kier alpha value is -1.75. The molecule has 0 aliphatic heterocycles. The predicted molar refractivity (Wildman–Crippen MR) is 85.9 cm³/mol. The standard InChI is InChI=1S/C15H18BrN3O/c1-4-8-19-13(5-2)18-14(15(19)17)11-9-10(16)6-7-12(11)20-3/h4,6-7,9H,1,5,8,17H2,2-3H3. The maximum atomic E-state index is 6.25. The third kappa shape index (κ3) is 2.58. The maximum Gasteiger partial charge on any atom is 0.132 e. The van der Waals surface area contributed by atoms with Crippen molar-refractivity contribution in [3.8, 4) is 17.0 Å². The first-order chi connectivity index (χ1) is 9.62. The van der Waals surface area contributed by atoms with E-state index >= 15 is 0 Å². The summed E-state index contributed by atoms with van der Waals surface area (Å²) in [5.74, 6) is 2.34. The lowest BCUT2D eigenvalue weighted by atomic mass is 10.1. The molecule has 0 bridgehead atoms. The lowest BCUT2D eigenvalue weighted by molar-refractivity contribution is 0.416. The van der Waals surface area contributed by atoms with Crippen LogP contribution in [0.1, 0.15) is 12.7 Å². The molecule has 106 valence electrons. The molecule has 0 aliphatic rings. The molecule has 0 spiro atoms. The Labute approximate surface area is 127 Å². The van der Waals surface area contributed by atoms with E-state index in [9.17, 15) is 0 Å². The first-order valence-corrected chi connectivity index (χ1v) is 7.21. The van der Waals surface area contributed by atoms with Gasteiger partial charge < -0.3 is 15.0 Å². The zero-order valence-electron chi connectivity index (χ0n) is 11.7. The highest BCUT2D eigenvalue weighted by molar-refractivity contribution is 9.10. The van der Waals surface area contributed by atoms with E-state index in [1.165, 1.54) is 0 Å². The zero-order chi connectivity index (χ0) is 14.7. The molecule has 0 aliphatic carbocycles. The van der Waals surface area contributed by atoms with Gasteiger partial charge in [-0.3, -0.25) is 0 Å². The Kier molecular flexibility index (Phi) is 4.49. The summed E-state index contributed by atoms with van der Waals surface area (Å²) in [6.45, 7) is 6.48. The van der Waals surface area contributed by atoms with Gasteiger partial charge in [0.15, 0.2) is 0 Å². The van der Waals surface area contributed by atoms with E-state index < -0.39 is 0 Å². The van der Waals surface area contributed by atoms with Crippen molar-refractivity contribution in [2.75, 3.05) is 12.8 Å². The fraction of sp³-hybridized carbons (Fsp3) is 0.267. The van der Waals surface area contributed by atoms with E-state index in [4.69, 9.17) is 10.5 Å². The lowest BCUT2D eigenvalue weighted by Gasteiger charge is -2.08. The van der Waals surface area contributed by atoms with Crippen LogP contribution in [0.3, 0.4) is 0 Å². The second kappa shape index (κ2) is 6.13. The quantitative estimate of drug-likeness (QED) is 0.848. The lowest BCUT2D eigenvalue weighted by Crippen LogP contribution is -2.05. The molecular weight excluding hydrogens is 318 g/mol. The summed E-state index contributed by atoms with van der Waals surface area (Å²) in [6, 6.07) is 5.80. The van der Waals surface area contributed by atoms with Crippen LogP contribution in [-0.2, 0) is 13.0 Å². The van der Waals surface area contributed by atoms with Gasteiger partial charge in [0, 0.05) is 23.0 Å². The summed E-state index contributed by atoms with van der Waals surface area (Å²) in [4.78, 5) is 4.66. The fourth-order valence-corrected chi connectivity index (χ4v) is 2.54. The van der Waals surface area contributed by atoms with Crippen molar-refractivity contribution in [1.82, 2.24) is 9.55 Å². The van der Waals surface area contributed by atoms with Crippen LogP contribution in [0.15, 0.2) is 35.3 Å². The highest BCUT2D eigenvalue weighted by Crippen LogP contribution is 2.35. The molecule has 0 atom stereocenters. The van der Waals surface area contributed by atoms with Crippen LogP contribution in [0.5, 0.6) is 5.75 Å². The molecule has 0 radical (unpaired) electrons. The molecule has 1 heterocycles. The molecule has 1 aromatic heterocycles. The van der Waals surface area contributed by atoms with E-state index in [0.717, 1.165) is 33.7 Å². The van der Waals surface area contributed by atoms with Gasteiger partial charge in [0.1, 0.15) is 23.1 Å². The summed E-state index contributed by atoms with van der Waals surface area (Å²) >= 11 is 3.47. The number of methoxy groups -OCH3 is 1. The number of nitrogens with two attached hydrogens (primary N) is 1. The third-order valence-corrected chi connectivity index (χ3v) is 3.62. The van der Waals surface area contributed by atoms with Crippen LogP contribution in [0.4, 0.5) is 5.82 Å². The summed E-state index contributed by atoms with van der Waals surface area (Å²) in [6.07, 6.45) is 2.63. The molecule has 5 heteroatoms. The van der Waals surface area contributed by atoms with Crippen molar-refractivity contribution < 1.29 is 4.74 Å². The Morgan fingerprint density at radius 2 is 2.25 bits per heavy atom. The first kappa shape index (κ1) is 14.7. The van der Waals surface area contributed by atoms with E-state index in [0.29, 0.717) is 12.4 Å². The summed E-state index contributed by atoms with van der Waals surface area (Å²) in [5.41, 5.74) is 7.89. The number of aromatic nitrogens is 2. The number of imidazole rings is 1. The minimum atomic E-state index is 0.637. The van der Waals surface area contributed by atoms with E-state index in [-0.39, 0.29) is 0 Å². The van der Waals surface area contributed by atoms with Crippen LogP contribution >= 0.6 is 15.9 Å². The molecule has 0 saturated carbocycles. The van der Waals surface area contributed by atoms with Crippen LogP contribution in [0, 0.1) is 0 Å². The number of anilines is 1. The predicted octanol–water partition coefficient (Wildman–Crippen LogP) is 3.65. The molecule has 0 unspecified atom stereocenters. The third-order valence-electron chi connectivity index (χ3n) is 3.13. The molecule has 2 rings (SSSR count). The van der Waals surface area contributed by atoms with E-state index in [1.807, 2.05) is 28.8 Å². The number of hydrogen-bond donors (Lipinski definition) is 1. The minimum Gasteiger partial charge on any atom is -0.496 e. The van der Waals surface area contributed by atoms with Gasteiger partial charge in [0.2, 0.25) is 0 Å². The van der Waals surface area contributed by atoms with Gasteiger partial charge in [0.05, 0.1) is 7.11 Å². The Balaban J connectivity index is 2.63. The molecule has 20 heavy (non-hydrogen) atoms. The van der Waals surface area contributed by atoms with Crippen LogP contribution in [0.2, 0.25) is 0 Å². The number of halogens is 1. The Bertz CT molecular complexity index is 634. The largest absolute Gasteiger partial charge is 0.496 e. The molecule has 4 nitrogen and oxygen atoms in total. The number of nitrogens with zero attached hydrogens (tertiary/aromatic N) is 2.